The lowest BCUT2D eigenvalue weighted by Gasteiger charge is -2.24. The van der Waals surface area contributed by atoms with E-state index in [1.54, 1.807) is 18.2 Å². The number of ether oxygens (including phenoxy) is 1. The lowest BCUT2D eigenvalue weighted by atomic mass is 9.92. The average Bonchev–Trinajstić information content (AvgIpc) is 3.29. The van der Waals surface area contributed by atoms with Gasteiger partial charge in [0.1, 0.15) is 0 Å². The van der Waals surface area contributed by atoms with Crippen LogP contribution in [0.3, 0.4) is 0 Å². The highest BCUT2D eigenvalue weighted by atomic mass is 127. The zero-order chi connectivity index (χ0) is 16.4. The van der Waals surface area contributed by atoms with Crippen LogP contribution in [0.2, 0.25) is 0 Å². The van der Waals surface area contributed by atoms with Crippen LogP contribution >= 0.6 is 24.0 Å². The van der Waals surface area contributed by atoms with Crippen LogP contribution in [0.4, 0.5) is 0 Å². The molecule has 2 aliphatic rings. The van der Waals surface area contributed by atoms with Crippen LogP contribution in [0, 0.1) is 11.8 Å². The summed E-state index contributed by atoms with van der Waals surface area (Å²) >= 11 is 0. The van der Waals surface area contributed by atoms with E-state index < -0.39 is 0 Å². The van der Waals surface area contributed by atoms with Crippen molar-refractivity contribution in [2.45, 2.75) is 38.2 Å². The summed E-state index contributed by atoms with van der Waals surface area (Å²) in [5.74, 6) is 3.21. The molecule has 134 valence electrons. The Morgan fingerprint density at radius 2 is 2.04 bits per heavy atom. The largest absolute Gasteiger partial charge is 0.377 e. The zero-order valence-electron chi connectivity index (χ0n) is 15.1. The van der Waals surface area contributed by atoms with Crippen LogP contribution in [0.5, 0.6) is 0 Å². The lowest BCUT2D eigenvalue weighted by molar-refractivity contribution is 0.0268. The van der Waals surface area contributed by atoms with Crippen LogP contribution in [0.15, 0.2) is 29.3 Å². The van der Waals surface area contributed by atoms with Crippen LogP contribution in [-0.4, -0.2) is 38.8 Å². The molecule has 3 rings (SSSR count). The van der Waals surface area contributed by atoms with Gasteiger partial charge in [0.15, 0.2) is 5.96 Å². The number of aryl methyl sites for hydroxylation is 1. The SMILES string of the molecule is CN=C(NCC1C2CCc3ccccc3C21)NCC(C)(C)OC.I. The van der Waals surface area contributed by atoms with E-state index in [4.69, 9.17) is 4.74 Å². The van der Waals surface area contributed by atoms with Crippen molar-refractivity contribution in [3.05, 3.63) is 35.4 Å². The smallest absolute Gasteiger partial charge is 0.191 e. The first-order chi connectivity index (χ1) is 11.1. The number of fused-ring (bicyclic) bond motifs is 3. The predicted molar refractivity (Wildman–Crippen MR) is 110 cm³/mol. The predicted octanol–water partition coefficient (Wildman–Crippen LogP) is 3.17. The number of methoxy groups -OCH3 is 1. The number of halogens is 1. The first kappa shape index (κ1) is 19.5. The molecule has 0 saturated heterocycles. The topological polar surface area (TPSA) is 45.7 Å². The number of aliphatic imine (C=N–C) groups is 1. The van der Waals surface area contributed by atoms with E-state index in [1.807, 2.05) is 7.05 Å². The summed E-state index contributed by atoms with van der Waals surface area (Å²) in [4.78, 5) is 4.33. The Kier molecular flexibility index (Phi) is 6.53. The van der Waals surface area contributed by atoms with E-state index in [-0.39, 0.29) is 29.6 Å². The Balaban J connectivity index is 0.00000208. The molecule has 0 aliphatic heterocycles. The molecule has 3 atom stereocenters. The fraction of sp³-hybridized carbons (Fsp3) is 0.632. The Labute approximate surface area is 162 Å². The van der Waals surface area contributed by atoms with Gasteiger partial charge in [-0.3, -0.25) is 4.99 Å². The third-order valence-corrected chi connectivity index (χ3v) is 5.46. The minimum atomic E-state index is -0.190. The maximum absolute atomic E-state index is 5.44. The molecular formula is C19H30IN3O. The molecule has 1 aromatic carbocycles. The van der Waals surface area contributed by atoms with E-state index in [9.17, 15) is 0 Å². The second-order valence-electron chi connectivity index (χ2n) is 7.36. The van der Waals surface area contributed by atoms with E-state index in [1.165, 1.54) is 12.8 Å². The highest BCUT2D eigenvalue weighted by Gasteiger charge is 2.52. The van der Waals surface area contributed by atoms with Gasteiger partial charge in [0.2, 0.25) is 0 Å². The summed E-state index contributed by atoms with van der Waals surface area (Å²) in [6.07, 6.45) is 2.57. The van der Waals surface area contributed by atoms with Gasteiger partial charge in [-0.2, -0.15) is 0 Å². The Hall–Kier alpha value is -0.820. The van der Waals surface area contributed by atoms with Gasteiger partial charge in [-0.25, -0.2) is 0 Å². The number of hydrogen-bond acceptors (Lipinski definition) is 2. The van der Waals surface area contributed by atoms with Gasteiger partial charge >= 0.3 is 0 Å². The van der Waals surface area contributed by atoms with Gasteiger partial charge in [0.25, 0.3) is 0 Å². The summed E-state index contributed by atoms with van der Waals surface area (Å²) < 4.78 is 5.44. The van der Waals surface area contributed by atoms with Crippen LogP contribution < -0.4 is 10.6 Å². The molecule has 0 aromatic heterocycles. The third-order valence-electron chi connectivity index (χ3n) is 5.46. The van der Waals surface area contributed by atoms with E-state index in [2.05, 4.69) is 53.7 Å². The second-order valence-corrected chi connectivity index (χ2v) is 7.36. The summed E-state index contributed by atoms with van der Waals surface area (Å²) in [5, 5.41) is 6.86. The first-order valence-electron chi connectivity index (χ1n) is 8.63. The molecule has 0 spiro atoms. The minimum absolute atomic E-state index is 0. The van der Waals surface area contributed by atoms with Crippen molar-refractivity contribution < 1.29 is 4.74 Å². The number of hydrogen-bond donors (Lipinski definition) is 2. The molecule has 0 bridgehead atoms. The van der Waals surface area contributed by atoms with Crippen molar-refractivity contribution in [3.63, 3.8) is 0 Å². The highest BCUT2D eigenvalue weighted by molar-refractivity contribution is 14.0. The van der Waals surface area contributed by atoms with Gasteiger partial charge in [-0.1, -0.05) is 24.3 Å². The van der Waals surface area contributed by atoms with Crippen molar-refractivity contribution in [1.82, 2.24) is 10.6 Å². The van der Waals surface area contributed by atoms with Crippen molar-refractivity contribution in [2.75, 3.05) is 27.2 Å². The van der Waals surface area contributed by atoms with Crippen molar-refractivity contribution in [3.8, 4) is 0 Å². The van der Waals surface area contributed by atoms with Crippen LogP contribution in [0.25, 0.3) is 0 Å². The van der Waals surface area contributed by atoms with Gasteiger partial charge < -0.3 is 15.4 Å². The Morgan fingerprint density at radius 1 is 1.29 bits per heavy atom. The molecular weight excluding hydrogens is 413 g/mol. The summed E-state index contributed by atoms with van der Waals surface area (Å²) in [5.41, 5.74) is 2.95. The average molecular weight is 443 g/mol. The molecule has 2 aliphatic carbocycles. The molecule has 5 heteroatoms. The maximum atomic E-state index is 5.44. The van der Waals surface area contributed by atoms with Crippen molar-refractivity contribution in [1.29, 1.82) is 0 Å². The van der Waals surface area contributed by atoms with E-state index in [0.717, 1.165) is 36.8 Å². The molecule has 0 amide bonds. The standard InChI is InChI=1S/C19H29N3O.HI/c1-19(2,23-4)12-22-18(20-3)21-11-16-15-10-9-13-7-5-6-8-14(13)17(15)16;/h5-8,15-17H,9-12H2,1-4H3,(H2,20,21,22);1H. The first-order valence-corrected chi connectivity index (χ1v) is 8.63. The molecule has 1 saturated carbocycles. The Morgan fingerprint density at radius 3 is 2.75 bits per heavy atom. The van der Waals surface area contributed by atoms with Gasteiger partial charge in [-0.15, -0.1) is 24.0 Å². The quantitative estimate of drug-likeness (QED) is 0.418. The Bertz CT molecular complexity index is 588. The number of benzene rings is 1. The van der Waals surface area contributed by atoms with Gasteiger partial charge in [-0.05, 0) is 55.6 Å². The fourth-order valence-electron chi connectivity index (χ4n) is 3.79. The monoisotopic (exact) mass is 443 g/mol. The van der Waals surface area contributed by atoms with Gasteiger partial charge in [0, 0.05) is 27.2 Å². The molecule has 24 heavy (non-hydrogen) atoms. The van der Waals surface area contributed by atoms with E-state index >= 15 is 0 Å². The molecule has 3 unspecified atom stereocenters. The van der Waals surface area contributed by atoms with Crippen molar-refractivity contribution >= 4 is 29.9 Å². The summed E-state index contributed by atoms with van der Waals surface area (Å²) in [6.45, 7) is 5.87. The van der Waals surface area contributed by atoms with Gasteiger partial charge in [0.05, 0.1) is 5.60 Å². The molecule has 1 aromatic rings. The minimum Gasteiger partial charge on any atom is -0.377 e. The number of nitrogens with one attached hydrogen (secondary N) is 2. The molecule has 2 N–H and O–H groups in total. The third kappa shape index (κ3) is 4.23. The lowest BCUT2D eigenvalue weighted by Crippen LogP contribution is -2.45. The summed E-state index contributed by atoms with van der Waals surface area (Å²) in [6, 6.07) is 8.96. The van der Waals surface area contributed by atoms with Crippen molar-refractivity contribution in [2.24, 2.45) is 16.8 Å². The number of guanidine groups is 1. The molecule has 1 fully saturated rings. The summed E-state index contributed by atoms with van der Waals surface area (Å²) in [7, 11) is 3.56. The van der Waals surface area contributed by atoms with Crippen LogP contribution in [-0.2, 0) is 11.2 Å². The normalized spacial score (nSPS) is 25.2. The highest BCUT2D eigenvalue weighted by Crippen LogP contribution is 2.59. The number of nitrogens with zero attached hydrogens (tertiary/aromatic N) is 1. The molecule has 4 nitrogen and oxygen atoms in total. The molecule has 0 radical (unpaired) electrons. The maximum Gasteiger partial charge on any atom is 0.191 e. The fourth-order valence-corrected chi connectivity index (χ4v) is 3.79. The number of rotatable bonds is 5. The zero-order valence-corrected chi connectivity index (χ0v) is 17.5. The molecule has 0 heterocycles. The van der Waals surface area contributed by atoms with Crippen LogP contribution in [0.1, 0.15) is 37.3 Å². The van der Waals surface area contributed by atoms with E-state index in [0.29, 0.717) is 0 Å². The second kappa shape index (κ2) is 8.04.